The summed E-state index contributed by atoms with van der Waals surface area (Å²) >= 11 is 0. The van der Waals surface area contributed by atoms with Gasteiger partial charge in [0.2, 0.25) is 0 Å². The van der Waals surface area contributed by atoms with E-state index in [2.05, 4.69) is 24.4 Å². The van der Waals surface area contributed by atoms with E-state index >= 15 is 0 Å². The summed E-state index contributed by atoms with van der Waals surface area (Å²) in [6.07, 6.45) is 2.06. The molecule has 4 nitrogen and oxygen atoms in total. The molecule has 0 bridgehead atoms. The van der Waals surface area contributed by atoms with E-state index in [0.717, 1.165) is 24.9 Å². The molecule has 0 heterocycles. The Labute approximate surface area is 125 Å². The van der Waals surface area contributed by atoms with Gasteiger partial charge in [0.1, 0.15) is 0 Å². The summed E-state index contributed by atoms with van der Waals surface area (Å²) < 4.78 is 0. The van der Waals surface area contributed by atoms with Crippen molar-refractivity contribution in [1.29, 1.82) is 0 Å². The van der Waals surface area contributed by atoms with Gasteiger partial charge >= 0.3 is 0 Å². The lowest BCUT2D eigenvalue weighted by molar-refractivity contribution is -0.384. The van der Waals surface area contributed by atoms with Crippen LogP contribution in [-0.4, -0.2) is 4.92 Å². The number of rotatable bonds is 7. The monoisotopic (exact) mass is 284 g/mol. The molecule has 0 aromatic heterocycles. The number of nitrogens with one attached hydrogen (secondary N) is 1. The van der Waals surface area contributed by atoms with Crippen LogP contribution >= 0.6 is 0 Å². The van der Waals surface area contributed by atoms with Gasteiger partial charge in [0.15, 0.2) is 0 Å². The lowest BCUT2D eigenvalue weighted by Gasteiger charge is -2.18. The van der Waals surface area contributed by atoms with Gasteiger partial charge in [-0.3, -0.25) is 10.1 Å². The van der Waals surface area contributed by atoms with E-state index in [-0.39, 0.29) is 16.7 Å². The van der Waals surface area contributed by atoms with Crippen LogP contribution in [0.1, 0.15) is 36.9 Å². The lowest BCUT2D eigenvalue weighted by Crippen LogP contribution is -2.20. The van der Waals surface area contributed by atoms with Gasteiger partial charge in [-0.25, -0.2) is 0 Å². The highest BCUT2D eigenvalue weighted by Crippen LogP contribution is 2.22. The van der Waals surface area contributed by atoms with Gasteiger partial charge in [-0.2, -0.15) is 0 Å². The van der Waals surface area contributed by atoms with Crippen LogP contribution < -0.4 is 5.32 Å². The van der Waals surface area contributed by atoms with Gasteiger partial charge in [0.05, 0.1) is 4.92 Å². The molecule has 0 spiro atoms. The molecule has 1 atom stereocenters. The van der Waals surface area contributed by atoms with Gasteiger partial charge < -0.3 is 5.32 Å². The number of nitrogens with zero attached hydrogens (tertiary/aromatic N) is 1. The van der Waals surface area contributed by atoms with Crippen molar-refractivity contribution in [3.05, 3.63) is 75.8 Å². The topological polar surface area (TPSA) is 55.2 Å². The first kappa shape index (κ1) is 15.2. The summed E-state index contributed by atoms with van der Waals surface area (Å²) in [4.78, 5) is 10.3. The first-order valence-electron chi connectivity index (χ1n) is 7.22. The molecule has 0 amide bonds. The van der Waals surface area contributed by atoms with Crippen LogP contribution in [-0.2, 0) is 6.54 Å². The highest BCUT2D eigenvalue weighted by Gasteiger charge is 2.12. The second-order valence-corrected chi connectivity index (χ2v) is 5.06. The summed E-state index contributed by atoms with van der Waals surface area (Å²) in [6, 6.07) is 17.3. The molecular weight excluding hydrogens is 264 g/mol. The van der Waals surface area contributed by atoms with Crippen LogP contribution in [0.5, 0.6) is 0 Å². The predicted molar refractivity (Wildman–Crippen MR) is 84.0 cm³/mol. The standard InChI is InChI=1S/C17H20N2O2/c1-2-6-17(18-13-14-7-4-3-5-8-14)15-9-11-16(12-10-15)19(20)21/h3-5,7-12,17-18H,2,6,13H2,1H3. The van der Waals surface area contributed by atoms with E-state index < -0.39 is 0 Å². The van der Waals surface area contributed by atoms with E-state index in [4.69, 9.17) is 0 Å². The quantitative estimate of drug-likeness (QED) is 0.611. The van der Waals surface area contributed by atoms with Crippen LogP contribution in [0.15, 0.2) is 54.6 Å². The molecule has 110 valence electrons. The predicted octanol–water partition coefficient (Wildman–Crippen LogP) is 4.23. The molecule has 0 aliphatic rings. The maximum atomic E-state index is 10.7. The molecule has 0 aliphatic carbocycles. The number of hydrogen-bond donors (Lipinski definition) is 1. The van der Waals surface area contributed by atoms with Crippen molar-refractivity contribution in [3.8, 4) is 0 Å². The van der Waals surface area contributed by atoms with Crippen molar-refractivity contribution in [2.75, 3.05) is 0 Å². The summed E-state index contributed by atoms with van der Waals surface area (Å²) in [6.45, 7) is 2.94. The van der Waals surface area contributed by atoms with E-state index in [0.29, 0.717) is 0 Å². The molecule has 0 aliphatic heterocycles. The van der Waals surface area contributed by atoms with Crippen molar-refractivity contribution in [3.63, 3.8) is 0 Å². The van der Waals surface area contributed by atoms with Crippen molar-refractivity contribution < 1.29 is 4.92 Å². The Bertz CT molecular complexity index is 567. The molecular formula is C17H20N2O2. The van der Waals surface area contributed by atoms with E-state index in [1.54, 1.807) is 12.1 Å². The third-order valence-electron chi connectivity index (χ3n) is 3.48. The Kier molecular flexibility index (Phi) is 5.46. The van der Waals surface area contributed by atoms with Crippen molar-refractivity contribution in [2.45, 2.75) is 32.4 Å². The molecule has 0 fully saturated rings. The zero-order valence-electron chi connectivity index (χ0n) is 12.2. The fourth-order valence-electron chi connectivity index (χ4n) is 2.34. The number of benzene rings is 2. The molecule has 2 rings (SSSR count). The molecule has 1 N–H and O–H groups in total. The second kappa shape index (κ2) is 7.55. The Hall–Kier alpha value is -2.20. The van der Waals surface area contributed by atoms with E-state index in [1.165, 1.54) is 5.56 Å². The summed E-state index contributed by atoms with van der Waals surface area (Å²) in [7, 11) is 0. The number of nitro benzene ring substituents is 1. The molecule has 1 unspecified atom stereocenters. The molecule has 2 aromatic carbocycles. The van der Waals surface area contributed by atoms with Gasteiger partial charge in [-0.05, 0) is 17.5 Å². The lowest BCUT2D eigenvalue weighted by atomic mass is 10.0. The summed E-state index contributed by atoms with van der Waals surface area (Å²) in [5.41, 5.74) is 2.47. The zero-order valence-corrected chi connectivity index (χ0v) is 12.2. The molecule has 21 heavy (non-hydrogen) atoms. The highest BCUT2D eigenvalue weighted by molar-refractivity contribution is 5.34. The maximum absolute atomic E-state index is 10.7. The Morgan fingerprint density at radius 1 is 1.10 bits per heavy atom. The van der Waals surface area contributed by atoms with E-state index in [9.17, 15) is 10.1 Å². The largest absolute Gasteiger partial charge is 0.306 e. The van der Waals surface area contributed by atoms with Crippen LogP contribution in [0.4, 0.5) is 5.69 Å². The van der Waals surface area contributed by atoms with Gasteiger partial charge in [-0.15, -0.1) is 0 Å². The van der Waals surface area contributed by atoms with Gasteiger partial charge in [0, 0.05) is 24.7 Å². The number of non-ortho nitro benzene ring substituents is 1. The Balaban J connectivity index is 2.05. The normalized spacial score (nSPS) is 12.0. The van der Waals surface area contributed by atoms with Crippen molar-refractivity contribution in [1.82, 2.24) is 5.32 Å². The first-order chi connectivity index (χ1) is 10.2. The molecule has 0 saturated heterocycles. The van der Waals surface area contributed by atoms with Crippen molar-refractivity contribution >= 4 is 5.69 Å². The summed E-state index contributed by atoms with van der Waals surface area (Å²) in [5.74, 6) is 0. The van der Waals surface area contributed by atoms with Crippen LogP contribution in [0.25, 0.3) is 0 Å². The third-order valence-corrected chi connectivity index (χ3v) is 3.48. The maximum Gasteiger partial charge on any atom is 0.269 e. The zero-order chi connectivity index (χ0) is 15.1. The first-order valence-corrected chi connectivity index (χ1v) is 7.22. The Morgan fingerprint density at radius 3 is 2.33 bits per heavy atom. The fraction of sp³-hybridized carbons (Fsp3) is 0.294. The van der Waals surface area contributed by atoms with Crippen LogP contribution in [0.3, 0.4) is 0 Å². The smallest absolute Gasteiger partial charge is 0.269 e. The minimum atomic E-state index is -0.365. The van der Waals surface area contributed by atoms with Crippen LogP contribution in [0, 0.1) is 10.1 Å². The highest BCUT2D eigenvalue weighted by atomic mass is 16.6. The molecule has 0 radical (unpaired) electrons. The molecule has 4 heteroatoms. The number of nitro groups is 1. The Morgan fingerprint density at radius 2 is 1.76 bits per heavy atom. The fourth-order valence-corrected chi connectivity index (χ4v) is 2.34. The summed E-state index contributed by atoms with van der Waals surface area (Å²) in [5, 5.41) is 14.2. The average Bonchev–Trinajstić information content (AvgIpc) is 2.52. The molecule has 0 saturated carbocycles. The third kappa shape index (κ3) is 4.39. The average molecular weight is 284 g/mol. The van der Waals surface area contributed by atoms with Gasteiger partial charge in [-0.1, -0.05) is 55.8 Å². The van der Waals surface area contributed by atoms with E-state index in [1.807, 2.05) is 30.3 Å². The van der Waals surface area contributed by atoms with Crippen LogP contribution in [0.2, 0.25) is 0 Å². The second-order valence-electron chi connectivity index (χ2n) is 5.06. The minimum Gasteiger partial charge on any atom is -0.306 e. The van der Waals surface area contributed by atoms with Gasteiger partial charge in [0.25, 0.3) is 5.69 Å². The SMILES string of the molecule is CCCC(NCc1ccccc1)c1ccc([N+](=O)[O-])cc1. The minimum absolute atomic E-state index is 0.136. The molecule has 2 aromatic rings. The van der Waals surface area contributed by atoms with Crippen molar-refractivity contribution in [2.24, 2.45) is 0 Å². The number of hydrogen-bond acceptors (Lipinski definition) is 3.